The molecule has 0 amide bonds. The summed E-state index contributed by atoms with van der Waals surface area (Å²) in [6.07, 6.45) is 0. The molecule has 0 aliphatic heterocycles. The molecule has 90 valence electrons. The van der Waals surface area contributed by atoms with Crippen molar-refractivity contribution >= 4 is 38.6 Å². The van der Waals surface area contributed by atoms with E-state index in [4.69, 9.17) is 0 Å². The molecule has 0 fully saturated rings. The maximum Gasteiger partial charge on any atom is 0.264 e. The fourth-order valence-electron chi connectivity index (χ4n) is 1.76. The highest BCUT2D eigenvalue weighted by atomic mass is 79.9. The van der Waals surface area contributed by atoms with Crippen molar-refractivity contribution in [2.75, 3.05) is 0 Å². The first-order valence-electron chi connectivity index (χ1n) is 5.45. The highest BCUT2D eigenvalue weighted by molar-refractivity contribution is 9.10. The summed E-state index contributed by atoms with van der Waals surface area (Å²) < 4.78 is 2.75. The summed E-state index contributed by atoms with van der Waals surface area (Å²) in [5, 5.41) is 1.50. The molecular formula is C13H14BrNOS. The Hall–Kier alpha value is -0.740. The largest absolute Gasteiger partial charge is 0.310 e. The molecule has 0 unspecified atom stereocenters. The van der Waals surface area contributed by atoms with Crippen LogP contribution in [0.3, 0.4) is 0 Å². The second-order valence-corrected chi connectivity index (χ2v) is 6.78. The number of aryl methyl sites for hydroxylation is 1. The molecule has 4 heteroatoms. The van der Waals surface area contributed by atoms with Crippen LogP contribution >= 0.6 is 27.7 Å². The lowest BCUT2D eigenvalue weighted by molar-refractivity contribution is 0.874. The van der Waals surface area contributed by atoms with E-state index < -0.39 is 0 Å². The van der Waals surface area contributed by atoms with E-state index in [-0.39, 0.29) is 5.56 Å². The minimum absolute atomic E-state index is 0.0820. The average Bonchev–Trinajstić information content (AvgIpc) is 2.24. The quantitative estimate of drug-likeness (QED) is 0.787. The summed E-state index contributed by atoms with van der Waals surface area (Å²) in [7, 11) is 1.82. The van der Waals surface area contributed by atoms with Crippen LogP contribution in [0.1, 0.15) is 13.8 Å². The van der Waals surface area contributed by atoms with E-state index in [1.807, 2.05) is 31.3 Å². The molecule has 0 saturated heterocycles. The van der Waals surface area contributed by atoms with E-state index in [0.717, 1.165) is 20.3 Å². The van der Waals surface area contributed by atoms with E-state index in [9.17, 15) is 4.79 Å². The van der Waals surface area contributed by atoms with Gasteiger partial charge in [0.2, 0.25) is 0 Å². The lowest BCUT2D eigenvalue weighted by Gasteiger charge is -2.10. The van der Waals surface area contributed by atoms with Gasteiger partial charge in [-0.25, -0.2) is 0 Å². The van der Waals surface area contributed by atoms with Crippen LogP contribution in [0.25, 0.3) is 10.9 Å². The average molecular weight is 312 g/mol. The molecule has 1 aromatic heterocycles. The van der Waals surface area contributed by atoms with Crippen LogP contribution in [0.2, 0.25) is 0 Å². The van der Waals surface area contributed by atoms with Crippen molar-refractivity contribution < 1.29 is 0 Å². The molecular weight excluding hydrogens is 298 g/mol. The second-order valence-electron chi connectivity index (χ2n) is 4.24. The van der Waals surface area contributed by atoms with E-state index in [1.165, 1.54) is 0 Å². The van der Waals surface area contributed by atoms with Gasteiger partial charge in [0.15, 0.2) is 0 Å². The zero-order valence-electron chi connectivity index (χ0n) is 10.0. The Kier molecular flexibility index (Phi) is 3.64. The molecule has 0 radical (unpaired) electrons. The van der Waals surface area contributed by atoms with E-state index >= 15 is 0 Å². The van der Waals surface area contributed by atoms with Crippen LogP contribution in [0.4, 0.5) is 0 Å². The van der Waals surface area contributed by atoms with E-state index in [0.29, 0.717) is 5.25 Å². The van der Waals surface area contributed by atoms with Crippen molar-refractivity contribution in [1.29, 1.82) is 0 Å². The SMILES string of the molecule is CC(C)Sc1cc2cc(Br)ccc2n(C)c1=O. The maximum atomic E-state index is 12.1. The number of hydrogen-bond acceptors (Lipinski definition) is 2. The lowest BCUT2D eigenvalue weighted by Crippen LogP contribution is -2.19. The van der Waals surface area contributed by atoms with Crippen molar-refractivity contribution in [3.63, 3.8) is 0 Å². The molecule has 0 bridgehead atoms. The zero-order chi connectivity index (χ0) is 12.6. The van der Waals surface area contributed by atoms with Gasteiger partial charge in [0.05, 0.1) is 10.4 Å². The number of hydrogen-bond donors (Lipinski definition) is 0. The van der Waals surface area contributed by atoms with Crippen LogP contribution in [0.15, 0.2) is 38.4 Å². The summed E-state index contributed by atoms with van der Waals surface area (Å²) in [4.78, 5) is 12.9. The molecule has 2 aromatic rings. The standard InChI is InChI=1S/C13H14BrNOS/c1-8(2)17-12-7-9-6-10(14)4-5-11(9)15(3)13(12)16/h4-8H,1-3H3. The predicted molar refractivity (Wildman–Crippen MR) is 77.9 cm³/mol. The Morgan fingerprint density at radius 1 is 1.29 bits per heavy atom. The number of rotatable bonds is 2. The summed E-state index contributed by atoms with van der Waals surface area (Å²) >= 11 is 5.07. The van der Waals surface area contributed by atoms with Crippen LogP contribution < -0.4 is 5.56 Å². The Bertz CT molecular complexity index is 619. The number of aromatic nitrogens is 1. The maximum absolute atomic E-state index is 12.1. The van der Waals surface area contributed by atoms with Crippen molar-refractivity contribution in [2.24, 2.45) is 7.05 Å². The van der Waals surface area contributed by atoms with Crippen molar-refractivity contribution in [3.8, 4) is 0 Å². The Balaban J connectivity index is 2.71. The summed E-state index contributed by atoms with van der Waals surface area (Å²) in [6, 6.07) is 7.94. The van der Waals surface area contributed by atoms with Crippen LogP contribution in [0.5, 0.6) is 0 Å². The predicted octanol–water partition coefficient (Wildman–Crippen LogP) is 3.80. The number of pyridine rings is 1. The molecule has 1 heterocycles. The number of nitrogens with zero attached hydrogens (tertiary/aromatic N) is 1. The summed E-state index contributed by atoms with van der Waals surface area (Å²) in [5.74, 6) is 0. The monoisotopic (exact) mass is 311 g/mol. The van der Waals surface area contributed by atoms with Crippen molar-refractivity contribution in [2.45, 2.75) is 24.0 Å². The van der Waals surface area contributed by atoms with Crippen LogP contribution in [-0.2, 0) is 7.05 Å². The van der Waals surface area contributed by atoms with Gasteiger partial charge in [-0.15, -0.1) is 11.8 Å². The number of benzene rings is 1. The first-order valence-corrected chi connectivity index (χ1v) is 7.12. The number of halogens is 1. The third-order valence-corrected chi connectivity index (χ3v) is 4.03. The van der Waals surface area contributed by atoms with Gasteiger partial charge in [0, 0.05) is 22.2 Å². The molecule has 0 spiro atoms. The molecule has 1 aromatic carbocycles. The summed E-state index contributed by atoms with van der Waals surface area (Å²) in [6.45, 7) is 4.18. The number of thioether (sulfide) groups is 1. The van der Waals surface area contributed by atoms with E-state index in [2.05, 4.69) is 29.8 Å². The van der Waals surface area contributed by atoms with Crippen molar-refractivity contribution in [1.82, 2.24) is 4.57 Å². The topological polar surface area (TPSA) is 22.0 Å². The van der Waals surface area contributed by atoms with Gasteiger partial charge in [0.25, 0.3) is 5.56 Å². The van der Waals surface area contributed by atoms with Gasteiger partial charge in [-0.1, -0.05) is 29.8 Å². The van der Waals surface area contributed by atoms with Crippen molar-refractivity contribution in [3.05, 3.63) is 39.1 Å². The second kappa shape index (κ2) is 4.86. The van der Waals surface area contributed by atoms with Gasteiger partial charge in [-0.05, 0) is 24.3 Å². The Labute approximate surface area is 113 Å². The highest BCUT2D eigenvalue weighted by Crippen LogP contribution is 2.25. The first kappa shape index (κ1) is 12.7. The third-order valence-electron chi connectivity index (χ3n) is 2.52. The minimum atomic E-state index is 0.0820. The smallest absolute Gasteiger partial charge is 0.264 e. The van der Waals surface area contributed by atoms with Crippen LogP contribution in [0, 0.1) is 0 Å². The van der Waals surface area contributed by atoms with Gasteiger partial charge in [-0.3, -0.25) is 4.79 Å². The zero-order valence-corrected chi connectivity index (χ0v) is 12.4. The van der Waals surface area contributed by atoms with E-state index in [1.54, 1.807) is 16.3 Å². The van der Waals surface area contributed by atoms with Crippen LogP contribution in [-0.4, -0.2) is 9.82 Å². The highest BCUT2D eigenvalue weighted by Gasteiger charge is 2.08. The first-order chi connectivity index (χ1) is 7.99. The Morgan fingerprint density at radius 2 is 2.00 bits per heavy atom. The number of fused-ring (bicyclic) bond motifs is 1. The molecule has 2 rings (SSSR count). The van der Waals surface area contributed by atoms with Gasteiger partial charge in [0.1, 0.15) is 0 Å². The summed E-state index contributed by atoms with van der Waals surface area (Å²) in [5.41, 5.74) is 1.05. The molecule has 0 saturated carbocycles. The molecule has 0 aliphatic rings. The van der Waals surface area contributed by atoms with Gasteiger partial charge < -0.3 is 4.57 Å². The molecule has 0 N–H and O–H groups in total. The third kappa shape index (κ3) is 2.58. The molecule has 2 nitrogen and oxygen atoms in total. The molecule has 17 heavy (non-hydrogen) atoms. The minimum Gasteiger partial charge on any atom is -0.310 e. The normalized spacial score (nSPS) is 11.4. The lowest BCUT2D eigenvalue weighted by atomic mass is 10.2. The van der Waals surface area contributed by atoms with Gasteiger partial charge in [-0.2, -0.15) is 0 Å². The fraction of sp³-hybridized carbons (Fsp3) is 0.308. The fourth-order valence-corrected chi connectivity index (χ4v) is 3.08. The van der Waals surface area contributed by atoms with Gasteiger partial charge >= 0.3 is 0 Å². The molecule has 0 aliphatic carbocycles. The Morgan fingerprint density at radius 3 is 2.65 bits per heavy atom. The molecule has 0 atom stereocenters.